The highest BCUT2D eigenvalue weighted by Gasteiger charge is 2.15. The van der Waals surface area contributed by atoms with Crippen LogP contribution >= 0.6 is 0 Å². The zero-order valence-electron chi connectivity index (χ0n) is 12.0. The Balaban J connectivity index is 3.79. The first-order chi connectivity index (χ1) is 8.40. The topological polar surface area (TPSA) is 55.4 Å². The third-order valence-electron chi connectivity index (χ3n) is 2.80. The Kier molecular flexibility index (Phi) is 9.32. The summed E-state index contributed by atoms with van der Waals surface area (Å²) in [6, 6.07) is 0. The highest BCUT2D eigenvalue weighted by molar-refractivity contribution is 7.91. The molecule has 0 aliphatic heterocycles. The predicted molar refractivity (Wildman–Crippen MR) is 76.7 cm³/mol. The SMILES string of the molecule is COCCNCC/C=C(/C)CCS(=O)(=O)C(C)C. The van der Waals surface area contributed by atoms with Gasteiger partial charge in [-0.15, -0.1) is 0 Å². The molecule has 4 nitrogen and oxygen atoms in total. The zero-order valence-corrected chi connectivity index (χ0v) is 12.8. The summed E-state index contributed by atoms with van der Waals surface area (Å²) in [6.45, 7) is 7.92. The second kappa shape index (κ2) is 9.53. The molecule has 0 rings (SSSR count). The lowest BCUT2D eigenvalue weighted by molar-refractivity contribution is 0.199. The zero-order chi connectivity index (χ0) is 14.0. The predicted octanol–water partition coefficient (Wildman–Crippen LogP) is 1.77. The van der Waals surface area contributed by atoms with E-state index in [-0.39, 0.29) is 11.0 Å². The van der Waals surface area contributed by atoms with Crippen LogP contribution < -0.4 is 5.32 Å². The minimum atomic E-state index is -2.91. The number of ether oxygens (including phenoxy) is 1. The number of nitrogens with one attached hydrogen (secondary N) is 1. The average Bonchev–Trinajstić information content (AvgIpc) is 2.31. The van der Waals surface area contributed by atoms with Crippen molar-refractivity contribution in [1.82, 2.24) is 5.32 Å². The summed E-state index contributed by atoms with van der Waals surface area (Å²) < 4.78 is 28.2. The van der Waals surface area contributed by atoms with E-state index in [4.69, 9.17) is 4.74 Å². The van der Waals surface area contributed by atoms with Crippen LogP contribution in [0.4, 0.5) is 0 Å². The lowest BCUT2D eigenvalue weighted by Gasteiger charge is -2.07. The maximum absolute atomic E-state index is 11.6. The fourth-order valence-electron chi connectivity index (χ4n) is 1.36. The number of hydrogen-bond acceptors (Lipinski definition) is 4. The van der Waals surface area contributed by atoms with Crippen LogP contribution in [0.3, 0.4) is 0 Å². The van der Waals surface area contributed by atoms with Crippen LogP contribution in [-0.4, -0.2) is 46.2 Å². The van der Waals surface area contributed by atoms with E-state index in [9.17, 15) is 8.42 Å². The van der Waals surface area contributed by atoms with Crippen LogP contribution in [0.1, 0.15) is 33.6 Å². The molecule has 1 N–H and O–H groups in total. The molecule has 0 aromatic heterocycles. The summed E-state index contributed by atoms with van der Waals surface area (Å²) >= 11 is 0. The minimum absolute atomic E-state index is 0.254. The molecule has 0 aliphatic rings. The summed E-state index contributed by atoms with van der Waals surface area (Å²) in [4.78, 5) is 0. The van der Waals surface area contributed by atoms with Crippen LogP contribution in [0.15, 0.2) is 11.6 Å². The molecule has 0 saturated carbocycles. The first-order valence-electron chi connectivity index (χ1n) is 6.47. The van der Waals surface area contributed by atoms with Crippen molar-refractivity contribution >= 4 is 9.84 Å². The largest absolute Gasteiger partial charge is 0.383 e. The van der Waals surface area contributed by atoms with Gasteiger partial charge in [0, 0.05) is 13.7 Å². The van der Waals surface area contributed by atoms with Gasteiger partial charge in [-0.05, 0) is 40.2 Å². The molecule has 0 aliphatic carbocycles. The molecular weight excluding hydrogens is 250 g/mol. The average molecular weight is 277 g/mol. The summed E-state index contributed by atoms with van der Waals surface area (Å²) in [7, 11) is -1.23. The Morgan fingerprint density at radius 3 is 2.56 bits per heavy atom. The molecule has 0 spiro atoms. The van der Waals surface area contributed by atoms with Crippen molar-refractivity contribution < 1.29 is 13.2 Å². The molecule has 18 heavy (non-hydrogen) atoms. The van der Waals surface area contributed by atoms with Gasteiger partial charge < -0.3 is 10.1 Å². The number of hydrogen-bond donors (Lipinski definition) is 1. The Morgan fingerprint density at radius 2 is 2.00 bits per heavy atom. The van der Waals surface area contributed by atoms with Crippen LogP contribution in [-0.2, 0) is 14.6 Å². The van der Waals surface area contributed by atoms with E-state index in [0.29, 0.717) is 6.42 Å². The van der Waals surface area contributed by atoms with Gasteiger partial charge in [-0.3, -0.25) is 0 Å². The van der Waals surface area contributed by atoms with Gasteiger partial charge in [-0.25, -0.2) is 8.42 Å². The summed E-state index contributed by atoms with van der Waals surface area (Å²) in [5.74, 6) is 0.254. The van der Waals surface area contributed by atoms with Crippen molar-refractivity contribution in [3.05, 3.63) is 11.6 Å². The lowest BCUT2D eigenvalue weighted by atomic mass is 10.2. The number of rotatable bonds is 10. The maximum atomic E-state index is 11.6. The highest BCUT2D eigenvalue weighted by atomic mass is 32.2. The lowest BCUT2D eigenvalue weighted by Crippen LogP contribution is -2.20. The first-order valence-corrected chi connectivity index (χ1v) is 8.18. The van der Waals surface area contributed by atoms with Crippen LogP contribution in [0, 0.1) is 0 Å². The molecule has 0 unspecified atom stereocenters. The van der Waals surface area contributed by atoms with E-state index in [1.807, 2.05) is 6.92 Å². The van der Waals surface area contributed by atoms with Crippen LogP contribution in [0.2, 0.25) is 0 Å². The second-order valence-corrected chi connectivity index (χ2v) is 7.42. The standard InChI is InChI=1S/C13H27NO3S/c1-12(2)18(15,16)11-7-13(3)6-5-8-14-9-10-17-4/h6,12,14H,5,7-11H2,1-4H3/b13-6-. The van der Waals surface area contributed by atoms with Crippen molar-refractivity contribution in [3.63, 3.8) is 0 Å². The van der Waals surface area contributed by atoms with Crippen molar-refractivity contribution in [1.29, 1.82) is 0 Å². The van der Waals surface area contributed by atoms with E-state index < -0.39 is 9.84 Å². The quantitative estimate of drug-likeness (QED) is 0.488. The van der Waals surface area contributed by atoms with E-state index in [1.54, 1.807) is 21.0 Å². The summed E-state index contributed by atoms with van der Waals surface area (Å²) in [5.41, 5.74) is 1.15. The van der Waals surface area contributed by atoms with E-state index in [0.717, 1.165) is 31.7 Å². The van der Waals surface area contributed by atoms with Crippen molar-refractivity contribution in [2.75, 3.05) is 32.6 Å². The number of methoxy groups -OCH3 is 1. The van der Waals surface area contributed by atoms with Crippen molar-refractivity contribution in [2.24, 2.45) is 0 Å². The van der Waals surface area contributed by atoms with E-state index in [2.05, 4.69) is 11.4 Å². The van der Waals surface area contributed by atoms with Crippen molar-refractivity contribution in [2.45, 2.75) is 38.9 Å². The van der Waals surface area contributed by atoms with Gasteiger partial charge in [0.2, 0.25) is 0 Å². The molecule has 0 aromatic carbocycles. The van der Waals surface area contributed by atoms with Gasteiger partial charge in [0.25, 0.3) is 0 Å². The smallest absolute Gasteiger partial charge is 0.152 e. The van der Waals surface area contributed by atoms with Crippen molar-refractivity contribution in [3.8, 4) is 0 Å². The van der Waals surface area contributed by atoms with Crippen LogP contribution in [0.25, 0.3) is 0 Å². The van der Waals surface area contributed by atoms with Gasteiger partial charge in [0.1, 0.15) is 0 Å². The summed E-state index contributed by atoms with van der Waals surface area (Å²) in [5, 5.41) is 2.97. The molecule has 0 radical (unpaired) electrons. The number of sulfone groups is 1. The molecule has 0 heterocycles. The van der Waals surface area contributed by atoms with Gasteiger partial charge in [-0.2, -0.15) is 0 Å². The van der Waals surface area contributed by atoms with E-state index >= 15 is 0 Å². The van der Waals surface area contributed by atoms with Gasteiger partial charge >= 0.3 is 0 Å². The molecule has 0 bridgehead atoms. The first kappa shape index (κ1) is 17.6. The number of allylic oxidation sites excluding steroid dienone is 1. The third kappa shape index (κ3) is 8.66. The Labute approximate surface area is 112 Å². The van der Waals surface area contributed by atoms with Gasteiger partial charge in [-0.1, -0.05) is 11.6 Å². The van der Waals surface area contributed by atoms with Crippen LogP contribution in [0.5, 0.6) is 0 Å². The Morgan fingerprint density at radius 1 is 1.33 bits per heavy atom. The van der Waals surface area contributed by atoms with E-state index in [1.165, 1.54) is 0 Å². The fourth-order valence-corrected chi connectivity index (χ4v) is 2.44. The molecule has 0 amide bonds. The maximum Gasteiger partial charge on any atom is 0.152 e. The highest BCUT2D eigenvalue weighted by Crippen LogP contribution is 2.08. The third-order valence-corrected chi connectivity index (χ3v) is 5.01. The fraction of sp³-hybridized carbons (Fsp3) is 0.846. The Bertz CT molecular complexity index is 334. The second-order valence-electron chi connectivity index (χ2n) is 4.75. The van der Waals surface area contributed by atoms with Gasteiger partial charge in [0.15, 0.2) is 9.84 Å². The summed E-state index contributed by atoms with van der Waals surface area (Å²) in [6.07, 6.45) is 3.67. The molecule has 0 atom stereocenters. The molecule has 5 heteroatoms. The Hall–Kier alpha value is -0.390. The molecule has 0 saturated heterocycles. The molecule has 0 aromatic rings. The monoisotopic (exact) mass is 277 g/mol. The van der Waals surface area contributed by atoms with Gasteiger partial charge in [0.05, 0.1) is 17.6 Å². The molecular formula is C13H27NO3S. The molecule has 0 fully saturated rings. The normalized spacial score (nSPS) is 13.3. The molecule has 108 valence electrons. The minimum Gasteiger partial charge on any atom is -0.383 e.